The van der Waals surface area contributed by atoms with Crippen LogP contribution >= 0.6 is 0 Å². The number of hydrogen-bond donors (Lipinski definition) is 2. The van der Waals surface area contributed by atoms with Gasteiger partial charge >= 0.3 is 6.09 Å². The summed E-state index contributed by atoms with van der Waals surface area (Å²) in [5.74, 6) is -1.36. The van der Waals surface area contributed by atoms with Crippen molar-refractivity contribution in [1.82, 2.24) is 0 Å². The number of phenolic OH excluding ortho intramolecular Hbond substituents is 1. The molecule has 0 aliphatic carbocycles. The maximum atomic E-state index is 13.3. The Hall–Kier alpha value is -2.56. The van der Waals surface area contributed by atoms with Crippen molar-refractivity contribution in [1.29, 1.82) is 0 Å². The van der Waals surface area contributed by atoms with E-state index in [-0.39, 0.29) is 12.2 Å². The number of amides is 1. The second kappa shape index (κ2) is 5.39. The molecule has 19 heavy (non-hydrogen) atoms. The quantitative estimate of drug-likeness (QED) is 0.891. The molecular formula is C14H12FNO3. The topological polar surface area (TPSA) is 60.8 Å². The summed E-state index contributed by atoms with van der Waals surface area (Å²) in [7, 11) is 0. The van der Waals surface area contributed by atoms with Crippen molar-refractivity contribution < 1.29 is 19.4 Å². The zero-order valence-corrected chi connectivity index (χ0v) is 9.95. The maximum Gasteiger partial charge on any atom is 0.412 e. The number of phenols is 1. The summed E-state index contributed by atoms with van der Waals surface area (Å²) in [4.78, 5) is 12.3. The van der Waals surface area contributed by atoms with Gasteiger partial charge in [-0.1, -0.05) is 30.3 Å². The average molecular weight is 261 g/mol. The van der Waals surface area contributed by atoms with Gasteiger partial charge in [0.15, 0.2) is 11.6 Å². The van der Waals surface area contributed by atoms with Gasteiger partial charge in [0.25, 0.3) is 0 Å². The first kappa shape index (κ1) is 12.9. The molecule has 0 radical (unpaired) electrons. The molecule has 5 heteroatoms. The first-order valence-corrected chi connectivity index (χ1v) is 5.61. The third-order valence-corrected chi connectivity index (χ3v) is 2.66. The van der Waals surface area contributed by atoms with Crippen LogP contribution in [0.1, 0.15) is 5.56 Å². The van der Waals surface area contributed by atoms with Crippen LogP contribution in [0.5, 0.6) is 5.75 Å². The lowest BCUT2D eigenvalue weighted by Crippen LogP contribution is -2.28. The minimum absolute atomic E-state index is 0.111. The molecule has 0 fully saturated rings. The van der Waals surface area contributed by atoms with Crippen molar-refractivity contribution >= 4 is 11.8 Å². The first-order valence-electron chi connectivity index (χ1n) is 5.61. The van der Waals surface area contributed by atoms with Gasteiger partial charge in [0.1, 0.15) is 0 Å². The Labute approximate surface area is 109 Å². The molecule has 4 nitrogen and oxygen atoms in total. The van der Waals surface area contributed by atoms with Crippen molar-refractivity contribution in [3.63, 3.8) is 0 Å². The summed E-state index contributed by atoms with van der Waals surface area (Å²) in [5, 5.41) is 18.3. The summed E-state index contributed by atoms with van der Waals surface area (Å²) >= 11 is 0. The number of nitrogens with zero attached hydrogens (tertiary/aromatic N) is 1. The van der Waals surface area contributed by atoms with Gasteiger partial charge in [0.05, 0.1) is 12.2 Å². The fourth-order valence-corrected chi connectivity index (χ4v) is 1.70. The zero-order valence-electron chi connectivity index (χ0n) is 9.95. The van der Waals surface area contributed by atoms with Gasteiger partial charge in [-0.3, -0.25) is 4.90 Å². The van der Waals surface area contributed by atoms with E-state index in [1.54, 1.807) is 24.3 Å². The van der Waals surface area contributed by atoms with E-state index in [1.807, 2.05) is 6.07 Å². The fourth-order valence-electron chi connectivity index (χ4n) is 1.70. The Bertz CT molecular complexity index is 586. The molecule has 0 unspecified atom stereocenters. The van der Waals surface area contributed by atoms with Crippen LogP contribution in [0.25, 0.3) is 0 Å². The summed E-state index contributed by atoms with van der Waals surface area (Å²) < 4.78 is 13.3. The molecule has 2 rings (SSSR count). The van der Waals surface area contributed by atoms with Gasteiger partial charge < -0.3 is 10.2 Å². The first-order chi connectivity index (χ1) is 9.08. The third kappa shape index (κ3) is 3.01. The van der Waals surface area contributed by atoms with Crippen LogP contribution in [0, 0.1) is 5.82 Å². The molecule has 0 atom stereocenters. The minimum Gasteiger partial charge on any atom is -0.505 e. The Morgan fingerprint density at radius 2 is 1.84 bits per heavy atom. The zero-order chi connectivity index (χ0) is 13.8. The van der Waals surface area contributed by atoms with Gasteiger partial charge in [-0.25, -0.2) is 9.18 Å². The molecule has 1 amide bonds. The van der Waals surface area contributed by atoms with E-state index in [2.05, 4.69) is 0 Å². The molecule has 0 saturated heterocycles. The molecule has 0 saturated carbocycles. The van der Waals surface area contributed by atoms with E-state index in [0.717, 1.165) is 22.6 Å². The van der Waals surface area contributed by atoms with Gasteiger partial charge in [0, 0.05) is 6.07 Å². The molecule has 0 spiro atoms. The molecule has 0 aromatic heterocycles. The number of carbonyl (C=O) groups is 1. The molecule has 0 heterocycles. The lowest BCUT2D eigenvalue weighted by Gasteiger charge is -2.19. The summed E-state index contributed by atoms with van der Waals surface area (Å²) in [6, 6.07) is 12.5. The number of hydrogen-bond acceptors (Lipinski definition) is 2. The Morgan fingerprint density at radius 1 is 1.16 bits per heavy atom. The Morgan fingerprint density at radius 3 is 2.42 bits per heavy atom. The highest BCUT2D eigenvalue weighted by atomic mass is 19.1. The Kier molecular flexibility index (Phi) is 3.66. The van der Waals surface area contributed by atoms with E-state index in [9.17, 15) is 14.3 Å². The molecule has 0 bridgehead atoms. The number of halogens is 1. The summed E-state index contributed by atoms with van der Waals surface area (Å²) in [5.41, 5.74) is 0.963. The van der Waals surface area contributed by atoms with Crippen LogP contribution in [-0.2, 0) is 6.54 Å². The van der Waals surface area contributed by atoms with Crippen LogP contribution in [0.3, 0.4) is 0 Å². The predicted molar refractivity (Wildman–Crippen MR) is 68.7 cm³/mol. The van der Waals surface area contributed by atoms with Gasteiger partial charge in [-0.15, -0.1) is 0 Å². The van der Waals surface area contributed by atoms with Crippen LogP contribution in [0.4, 0.5) is 14.9 Å². The molecule has 0 aliphatic rings. The largest absolute Gasteiger partial charge is 0.505 e. The number of aromatic hydroxyl groups is 1. The van der Waals surface area contributed by atoms with E-state index < -0.39 is 17.7 Å². The van der Waals surface area contributed by atoms with Crippen molar-refractivity contribution in [2.75, 3.05) is 4.90 Å². The van der Waals surface area contributed by atoms with Crippen LogP contribution in [0.15, 0.2) is 48.5 Å². The highest BCUT2D eigenvalue weighted by Crippen LogP contribution is 2.24. The number of benzene rings is 2. The molecule has 98 valence electrons. The fraction of sp³-hybridized carbons (Fsp3) is 0.0714. The molecule has 2 aromatic rings. The van der Waals surface area contributed by atoms with E-state index in [0.29, 0.717) is 0 Å². The number of rotatable bonds is 3. The second-order valence-electron chi connectivity index (χ2n) is 3.99. The van der Waals surface area contributed by atoms with E-state index in [1.165, 1.54) is 6.07 Å². The van der Waals surface area contributed by atoms with E-state index >= 15 is 0 Å². The molecular weight excluding hydrogens is 249 g/mol. The van der Waals surface area contributed by atoms with Gasteiger partial charge in [-0.2, -0.15) is 0 Å². The predicted octanol–water partition coefficient (Wildman–Crippen LogP) is 3.22. The number of carboxylic acid groups (broad SMARTS) is 1. The Balaban J connectivity index is 2.30. The van der Waals surface area contributed by atoms with Crippen LogP contribution in [0.2, 0.25) is 0 Å². The summed E-state index contributed by atoms with van der Waals surface area (Å²) in [6.45, 7) is 0.111. The van der Waals surface area contributed by atoms with Crippen molar-refractivity contribution in [2.45, 2.75) is 6.54 Å². The van der Waals surface area contributed by atoms with Gasteiger partial charge in [-0.05, 0) is 17.7 Å². The lowest BCUT2D eigenvalue weighted by atomic mass is 10.2. The lowest BCUT2D eigenvalue weighted by molar-refractivity contribution is 0.201. The van der Waals surface area contributed by atoms with Crippen molar-refractivity contribution in [3.05, 3.63) is 59.9 Å². The monoisotopic (exact) mass is 261 g/mol. The van der Waals surface area contributed by atoms with Gasteiger partial charge in [0.2, 0.25) is 0 Å². The maximum absolute atomic E-state index is 13.3. The standard InChI is InChI=1S/C14H12FNO3/c15-12-8-11(6-7-13(12)17)16(14(18)19)9-10-4-2-1-3-5-10/h1-8,17H,9H2,(H,18,19). The highest BCUT2D eigenvalue weighted by molar-refractivity contribution is 5.86. The third-order valence-electron chi connectivity index (χ3n) is 2.66. The molecule has 2 aromatic carbocycles. The average Bonchev–Trinajstić information content (AvgIpc) is 2.40. The SMILES string of the molecule is O=C(O)N(Cc1ccccc1)c1ccc(O)c(F)c1. The van der Waals surface area contributed by atoms with Crippen molar-refractivity contribution in [3.8, 4) is 5.75 Å². The smallest absolute Gasteiger partial charge is 0.412 e. The molecule has 2 N–H and O–H groups in total. The second-order valence-corrected chi connectivity index (χ2v) is 3.99. The van der Waals surface area contributed by atoms with Crippen LogP contribution in [-0.4, -0.2) is 16.3 Å². The normalized spacial score (nSPS) is 10.2. The van der Waals surface area contributed by atoms with Crippen molar-refractivity contribution in [2.24, 2.45) is 0 Å². The number of anilines is 1. The van der Waals surface area contributed by atoms with E-state index in [4.69, 9.17) is 5.11 Å². The summed E-state index contributed by atoms with van der Waals surface area (Å²) in [6.07, 6.45) is -1.19. The minimum atomic E-state index is -1.19. The highest BCUT2D eigenvalue weighted by Gasteiger charge is 2.16. The van der Waals surface area contributed by atoms with Crippen LogP contribution < -0.4 is 4.90 Å². The molecule has 0 aliphatic heterocycles.